The van der Waals surface area contributed by atoms with Crippen LogP contribution in [0.4, 0.5) is 0 Å². The standard InChI is InChI=1S/C14H22.2HI.Mg/c1-13(2,3)11-8-7-9-12(10-11)14(4,5)6;;;/h7-10H,1-6H3;2*1H;/q;;;+2/p-2. The molecule has 0 spiro atoms. The zero-order valence-electron chi connectivity index (χ0n) is 11.8. The summed E-state index contributed by atoms with van der Waals surface area (Å²) in [6, 6.07) is 8.94. The molecule has 1 rings (SSSR count). The Kier molecular flexibility index (Phi) is 11.9. The summed E-state index contributed by atoms with van der Waals surface area (Å²) in [6.45, 7) is 13.6. The van der Waals surface area contributed by atoms with Crippen molar-refractivity contribution in [3.63, 3.8) is 0 Å². The van der Waals surface area contributed by atoms with Crippen molar-refractivity contribution >= 4 is 23.1 Å². The third kappa shape index (κ3) is 7.57. The van der Waals surface area contributed by atoms with E-state index in [0.29, 0.717) is 0 Å². The molecule has 0 radical (unpaired) electrons. The molecule has 0 aliphatic rings. The Labute approximate surface area is 157 Å². The summed E-state index contributed by atoms with van der Waals surface area (Å²) in [4.78, 5) is 0. The van der Waals surface area contributed by atoms with E-state index in [1.54, 1.807) is 0 Å². The maximum absolute atomic E-state index is 2.33. The second kappa shape index (κ2) is 8.58. The Hall–Kier alpha value is 1.45. The third-order valence-electron chi connectivity index (χ3n) is 2.59. The van der Waals surface area contributed by atoms with Crippen LogP contribution in [-0.4, -0.2) is 23.1 Å². The van der Waals surface area contributed by atoms with Crippen LogP contribution in [0, 0.1) is 0 Å². The first-order valence-corrected chi connectivity index (χ1v) is 5.32. The van der Waals surface area contributed by atoms with Gasteiger partial charge < -0.3 is 48.0 Å². The van der Waals surface area contributed by atoms with E-state index in [9.17, 15) is 0 Å². The quantitative estimate of drug-likeness (QED) is 0.303. The molecule has 0 N–H and O–H groups in total. The average Bonchev–Trinajstić information content (AvgIpc) is 2.01. The molecule has 0 amide bonds. The van der Waals surface area contributed by atoms with Gasteiger partial charge in [0.1, 0.15) is 0 Å². The van der Waals surface area contributed by atoms with Gasteiger partial charge >= 0.3 is 23.1 Å². The molecule has 17 heavy (non-hydrogen) atoms. The molecular formula is C14H22I2Mg. The Bertz CT molecular complexity index is 292. The summed E-state index contributed by atoms with van der Waals surface area (Å²) in [5.74, 6) is 0. The molecular weight excluding hydrogens is 446 g/mol. The van der Waals surface area contributed by atoms with Crippen LogP contribution in [0.15, 0.2) is 24.3 Å². The molecule has 0 heterocycles. The Morgan fingerprint density at radius 2 is 1.00 bits per heavy atom. The molecule has 0 saturated carbocycles. The Balaban J connectivity index is -0.000000653. The molecule has 0 aromatic heterocycles. The summed E-state index contributed by atoms with van der Waals surface area (Å²) < 4.78 is 0. The molecule has 0 saturated heterocycles. The van der Waals surface area contributed by atoms with Crippen LogP contribution in [-0.2, 0) is 10.8 Å². The largest absolute Gasteiger partial charge is 2.00 e. The normalized spacial score (nSPS) is 10.7. The molecule has 0 atom stereocenters. The van der Waals surface area contributed by atoms with Gasteiger partial charge in [-0.3, -0.25) is 0 Å². The van der Waals surface area contributed by atoms with Gasteiger partial charge in [0.15, 0.2) is 0 Å². The van der Waals surface area contributed by atoms with E-state index >= 15 is 0 Å². The van der Waals surface area contributed by atoms with Gasteiger partial charge in [-0.15, -0.1) is 0 Å². The monoisotopic (exact) mass is 468 g/mol. The van der Waals surface area contributed by atoms with E-state index < -0.39 is 0 Å². The summed E-state index contributed by atoms with van der Waals surface area (Å²) in [7, 11) is 0. The number of rotatable bonds is 0. The number of hydrogen-bond acceptors (Lipinski definition) is 0. The molecule has 0 aliphatic heterocycles. The van der Waals surface area contributed by atoms with Gasteiger partial charge in [-0.2, -0.15) is 0 Å². The van der Waals surface area contributed by atoms with Gasteiger partial charge in [0.05, 0.1) is 0 Å². The Morgan fingerprint density at radius 1 is 0.706 bits per heavy atom. The van der Waals surface area contributed by atoms with Gasteiger partial charge in [-0.05, 0) is 22.0 Å². The molecule has 1 aromatic rings. The first kappa shape index (κ1) is 23.5. The maximum Gasteiger partial charge on any atom is 2.00 e. The zero-order chi connectivity index (χ0) is 11.0. The van der Waals surface area contributed by atoms with Crippen LogP contribution in [0.1, 0.15) is 52.7 Å². The summed E-state index contributed by atoms with van der Waals surface area (Å²) in [5, 5.41) is 0. The van der Waals surface area contributed by atoms with E-state index in [4.69, 9.17) is 0 Å². The Morgan fingerprint density at radius 3 is 1.24 bits per heavy atom. The summed E-state index contributed by atoms with van der Waals surface area (Å²) in [5.41, 5.74) is 3.34. The third-order valence-corrected chi connectivity index (χ3v) is 2.59. The number of hydrogen-bond donors (Lipinski definition) is 0. The average molecular weight is 468 g/mol. The van der Waals surface area contributed by atoms with E-state index in [0.717, 1.165) is 0 Å². The zero-order valence-corrected chi connectivity index (χ0v) is 17.5. The van der Waals surface area contributed by atoms with Crippen LogP contribution < -0.4 is 48.0 Å². The number of benzene rings is 1. The second-order valence-corrected chi connectivity index (χ2v) is 6.08. The topological polar surface area (TPSA) is 0 Å². The maximum atomic E-state index is 2.33. The molecule has 0 fully saturated rings. The first-order chi connectivity index (χ1) is 6.21. The van der Waals surface area contributed by atoms with Gasteiger partial charge in [0.25, 0.3) is 0 Å². The molecule has 0 aliphatic carbocycles. The second-order valence-electron chi connectivity index (χ2n) is 6.08. The molecule has 94 valence electrons. The summed E-state index contributed by atoms with van der Waals surface area (Å²) >= 11 is 0. The van der Waals surface area contributed by atoms with Crippen molar-refractivity contribution in [3.05, 3.63) is 35.4 Å². The predicted octanol–water partition coefficient (Wildman–Crippen LogP) is -2.09. The van der Waals surface area contributed by atoms with Crippen molar-refractivity contribution < 1.29 is 48.0 Å². The van der Waals surface area contributed by atoms with Crippen molar-refractivity contribution in [2.75, 3.05) is 0 Å². The van der Waals surface area contributed by atoms with Crippen molar-refractivity contribution in [1.29, 1.82) is 0 Å². The van der Waals surface area contributed by atoms with E-state index in [-0.39, 0.29) is 81.8 Å². The fraction of sp³-hybridized carbons (Fsp3) is 0.571. The van der Waals surface area contributed by atoms with Gasteiger partial charge in [-0.25, -0.2) is 0 Å². The van der Waals surface area contributed by atoms with Crippen molar-refractivity contribution in [2.24, 2.45) is 0 Å². The minimum Gasteiger partial charge on any atom is -1.00 e. The minimum absolute atomic E-state index is 0. The smallest absolute Gasteiger partial charge is 1.00 e. The van der Waals surface area contributed by atoms with Crippen LogP contribution in [0.2, 0.25) is 0 Å². The molecule has 1 aromatic carbocycles. The predicted molar refractivity (Wildman–Crippen MR) is 69.6 cm³/mol. The van der Waals surface area contributed by atoms with E-state index in [1.165, 1.54) is 11.1 Å². The van der Waals surface area contributed by atoms with Crippen LogP contribution in [0.25, 0.3) is 0 Å². The fourth-order valence-electron chi connectivity index (χ4n) is 1.45. The molecule has 0 unspecified atom stereocenters. The fourth-order valence-corrected chi connectivity index (χ4v) is 1.45. The minimum atomic E-state index is 0. The van der Waals surface area contributed by atoms with Gasteiger partial charge in [0.2, 0.25) is 0 Å². The van der Waals surface area contributed by atoms with Crippen LogP contribution in [0.5, 0.6) is 0 Å². The van der Waals surface area contributed by atoms with Crippen molar-refractivity contribution in [2.45, 2.75) is 52.4 Å². The van der Waals surface area contributed by atoms with Crippen LogP contribution >= 0.6 is 0 Å². The molecule has 0 nitrogen and oxygen atoms in total. The van der Waals surface area contributed by atoms with Crippen molar-refractivity contribution in [1.82, 2.24) is 0 Å². The SMILES string of the molecule is CC(C)(C)c1cccc(C(C)(C)C)c1.[I-].[I-].[Mg+2]. The summed E-state index contributed by atoms with van der Waals surface area (Å²) in [6.07, 6.45) is 0. The molecule has 0 bridgehead atoms. The first-order valence-electron chi connectivity index (χ1n) is 5.32. The van der Waals surface area contributed by atoms with Gasteiger partial charge in [-0.1, -0.05) is 65.8 Å². The van der Waals surface area contributed by atoms with Crippen molar-refractivity contribution in [3.8, 4) is 0 Å². The van der Waals surface area contributed by atoms with E-state index in [1.807, 2.05) is 0 Å². The van der Waals surface area contributed by atoms with Gasteiger partial charge in [0, 0.05) is 0 Å². The van der Waals surface area contributed by atoms with E-state index in [2.05, 4.69) is 65.8 Å². The van der Waals surface area contributed by atoms with Crippen LogP contribution in [0.3, 0.4) is 0 Å². The number of halogens is 2. The molecule has 3 heteroatoms.